The van der Waals surface area contributed by atoms with E-state index in [2.05, 4.69) is 9.88 Å². The first-order valence-corrected chi connectivity index (χ1v) is 13.0. The van der Waals surface area contributed by atoms with E-state index >= 15 is 0 Å². The summed E-state index contributed by atoms with van der Waals surface area (Å²) in [5.74, 6) is -1.49. The average molecular weight is 519 g/mol. The van der Waals surface area contributed by atoms with E-state index in [0.717, 1.165) is 25.1 Å². The molecule has 4 rings (SSSR count). The highest BCUT2D eigenvalue weighted by atomic mass is 32.2. The maximum absolute atomic E-state index is 14.6. The number of aryl methyl sites for hydroxylation is 1. The van der Waals surface area contributed by atoms with E-state index in [4.69, 9.17) is 4.74 Å². The van der Waals surface area contributed by atoms with Crippen molar-refractivity contribution >= 4 is 28.6 Å². The number of carboxylic acid groups (broad SMARTS) is 1. The first-order valence-electron chi connectivity index (χ1n) is 12.0. The molecule has 9 heteroatoms. The largest absolute Gasteiger partial charge is 0.497 e. The summed E-state index contributed by atoms with van der Waals surface area (Å²) in [6, 6.07) is 8.75. The van der Waals surface area contributed by atoms with E-state index in [9.17, 15) is 23.1 Å². The number of methoxy groups -OCH3 is 1. The molecule has 1 aliphatic heterocycles. The third-order valence-corrected chi connectivity index (χ3v) is 7.86. The maximum atomic E-state index is 14.6. The number of thioether (sulfide) groups is 1. The molecule has 1 aromatic heterocycles. The second-order valence-corrected chi connectivity index (χ2v) is 10.2. The Bertz CT molecular complexity index is 1230. The Hall–Kier alpha value is -2.78. The molecule has 2 atom stereocenters. The standard InChI is InChI=1S/C27H29F3N2O3S/c1-35-19-6-8-25-21(14-19)20(24(30)15-31-25)4-2-3-17-9-10-32(16-22(17)27(33)34)11-12-36-26-13-18(28)5-7-23(26)29/h5-8,13-15,17,22H,2-4,9-12,16H2,1H3,(H,33,34)/t17-,22+/m0/s1. The Morgan fingerprint density at radius 3 is 2.81 bits per heavy atom. The fourth-order valence-corrected chi connectivity index (χ4v) is 5.86. The maximum Gasteiger partial charge on any atom is 0.308 e. The molecule has 192 valence electrons. The van der Waals surface area contributed by atoms with E-state index in [0.29, 0.717) is 60.3 Å². The molecule has 0 spiro atoms. The quantitative estimate of drug-likeness (QED) is 0.343. The van der Waals surface area contributed by atoms with Gasteiger partial charge in [-0.1, -0.05) is 0 Å². The van der Waals surface area contributed by atoms with Crippen molar-refractivity contribution in [1.29, 1.82) is 0 Å². The van der Waals surface area contributed by atoms with E-state index in [-0.39, 0.29) is 16.6 Å². The lowest BCUT2D eigenvalue weighted by Gasteiger charge is -2.36. The fourth-order valence-electron chi connectivity index (χ4n) is 4.89. The molecule has 5 nitrogen and oxygen atoms in total. The SMILES string of the molecule is COc1ccc2ncc(F)c(CCC[C@H]3CCN(CCSc4cc(F)ccc4F)C[C@H]3C(=O)O)c2c1. The summed E-state index contributed by atoms with van der Waals surface area (Å²) in [6.07, 6.45) is 3.79. The van der Waals surface area contributed by atoms with Gasteiger partial charge in [-0.05, 0) is 80.1 Å². The van der Waals surface area contributed by atoms with Crippen molar-refractivity contribution in [2.75, 3.05) is 32.5 Å². The van der Waals surface area contributed by atoms with E-state index < -0.39 is 23.5 Å². The number of carboxylic acids is 1. The number of aliphatic carboxylic acids is 1. The van der Waals surface area contributed by atoms with Crippen molar-refractivity contribution in [3.8, 4) is 5.75 Å². The molecule has 0 bridgehead atoms. The minimum Gasteiger partial charge on any atom is -0.497 e. The summed E-state index contributed by atoms with van der Waals surface area (Å²) < 4.78 is 47.1. The summed E-state index contributed by atoms with van der Waals surface area (Å²) in [4.78, 5) is 18.5. The summed E-state index contributed by atoms with van der Waals surface area (Å²) in [5.41, 5.74) is 1.27. The summed E-state index contributed by atoms with van der Waals surface area (Å²) in [6.45, 7) is 1.74. The highest BCUT2D eigenvalue weighted by Crippen LogP contribution is 2.31. The van der Waals surface area contributed by atoms with Crippen LogP contribution in [0.25, 0.3) is 10.9 Å². The van der Waals surface area contributed by atoms with Crippen LogP contribution < -0.4 is 4.74 Å². The van der Waals surface area contributed by atoms with Crippen LogP contribution in [0.4, 0.5) is 13.2 Å². The Kier molecular flexibility index (Phi) is 8.74. The van der Waals surface area contributed by atoms with Crippen LogP contribution in [0.5, 0.6) is 5.75 Å². The van der Waals surface area contributed by atoms with Crippen molar-refractivity contribution < 1.29 is 27.8 Å². The zero-order chi connectivity index (χ0) is 25.7. The van der Waals surface area contributed by atoms with Crippen LogP contribution >= 0.6 is 11.8 Å². The van der Waals surface area contributed by atoms with Gasteiger partial charge in [-0.25, -0.2) is 13.2 Å². The molecule has 1 fully saturated rings. The normalized spacial score (nSPS) is 18.4. The highest BCUT2D eigenvalue weighted by Gasteiger charge is 2.33. The number of hydrogen-bond acceptors (Lipinski definition) is 5. The van der Waals surface area contributed by atoms with Crippen LogP contribution in [0.3, 0.4) is 0 Å². The van der Waals surface area contributed by atoms with Gasteiger partial charge in [0.2, 0.25) is 0 Å². The Morgan fingerprint density at radius 1 is 1.19 bits per heavy atom. The Balaban J connectivity index is 1.32. The number of piperidine rings is 1. The minimum absolute atomic E-state index is 0.00207. The lowest BCUT2D eigenvalue weighted by molar-refractivity contribution is -0.146. The van der Waals surface area contributed by atoms with Crippen molar-refractivity contribution in [3.05, 3.63) is 65.6 Å². The molecule has 1 N–H and O–H groups in total. The second kappa shape index (κ2) is 12.0. The number of halogens is 3. The van der Waals surface area contributed by atoms with Gasteiger partial charge < -0.3 is 14.7 Å². The molecule has 0 saturated carbocycles. The lowest BCUT2D eigenvalue weighted by atomic mass is 9.81. The highest BCUT2D eigenvalue weighted by molar-refractivity contribution is 7.99. The molecule has 36 heavy (non-hydrogen) atoms. The van der Waals surface area contributed by atoms with Crippen molar-refractivity contribution in [2.24, 2.45) is 11.8 Å². The molecule has 2 aromatic carbocycles. The fraction of sp³-hybridized carbons (Fsp3) is 0.407. The number of fused-ring (bicyclic) bond motifs is 1. The van der Waals surface area contributed by atoms with Crippen LogP contribution in [0, 0.1) is 29.3 Å². The molecule has 2 heterocycles. The monoisotopic (exact) mass is 518 g/mol. The first kappa shape index (κ1) is 26.3. The zero-order valence-electron chi connectivity index (χ0n) is 20.1. The van der Waals surface area contributed by atoms with Crippen LogP contribution in [0.1, 0.15) is 24.8 Å². The van der Waals surface area contributed by atoms with Gasteiger partial charge in [0, 0.05) is 29.1 Å². The third-order valence-electron chi connectivity index (χ3n) is 6.85. The number of rotatable bonds is 10. The number of benzene rings is 2. The lowest BCUT2D eigenvalue weighted by Crippen LogP contribution is -2.44. The summed E-state index contributed by atoms with van der Waals surface area (Å²) >= 11 is 1.23. The van der Waals surface area contributed by atoms with Gasteiger partial charge in [-0.15, -0.1) is 11.8 Å². The summed E-state index contributed by atoms with van der Waals surface area (Å²) in [7, 11) is 1.56. The number of likely N-dealkylation sites (tertiary alicyclic amines) is 1. The topological polar surface area (TPSA) is 62.7 Å². The van der Waals surface area contributed by atoms with Gasteiger partial charge in [0.15, 0.2) is 0 Å². The van der Waals surface area contributed by atoms with Crippen LogP contribution in [-0.2, 0) is 11.2 Å². The van der Waals surface area contributed by atoms with Gasteiger partial charge in [0.25, 0.3) is 0 Å². The molecular formula is C27H29F3N2O3S. The summed E-state index contributed by atoms with van der Waals surface area (Å²) in [5, 5.41) is 10.6. The number of pyridine rings is 1. The van der Waals surface area contributed by atoms with Gasteiger partial charge in [-0.2, -0.15) is 0 Å². The Morgan fingerprint density at radius 2 is 2.03 bits per heavy atom. The smallest absolute Gasteiger partial charge is 0.308 e. The van der Waals surface area contributed by atoms with Gasteiger partial charge in [-0.3, -0.25) is 9.78 Å². The molecular weight excluding hydrogens is 489 g/mol. The zero-order valence-corrected chi connectivity index (χ0v) is 20.9. The predicted molar refractivity (Wildman–Crippen MR) is 134 cm³/mol. The van der Waals surface area contributed by atoms with Crippen molar-refractivity contribution in [2.45, 2.75) is 30.6 Å². The number of carbonyl (C=O) groups is 1. The van der Waals surface area contributed by atoms with E-state index in [1.165, 1.54) is 24.0 Å². The van der Waals surface area contributed by atoms with Crippen molar-refractivity contribution in [1.82, 2.24) is 9.88 Å². The molecule has 1 saturated heterocycles. The van der Waals surface area contributed by atoms with Gasteiger partial charge in [0.05, 0.1) is 24.7 Å². The van der Waals surface area contributed by atoms with Crippen LogP contribution in [0.2, 0.25) is 0 Å². The molecule has 0 amide bonds. The van der Waals surface area contributed by atoms with Gasteiger partial charge >= 0.3 is 5.97 Å². The molecule has 3 aromatic rings. The number of hydrogen-bond donors (Lipinski definition) is 1. The number of aromatic nitrogens is 1. The predicted octanol–water partition coefficient (Wildman–Crippen LogP) is 5.80. The molecule has 0 aliphatic carbocycles. The number of nitrogens with zero attached hydrogens (tertiary/aromatic N) is 2. The Labute approximate surface area is 212 Å². The minimum atomic E-state index is -0.834. The number of ether oxygens (including phenoxy) is 1. The first-order chi connectivity index (χ1) is 17.4. The third kappa shape index (κ3) is 6.31. The van der Waals surface area contributed by atoms with Gasteiger partial charge in [0.1, 0.15) is 23.2 Å². The average Bonchev–Trinajstić information content (AvgIpc) is 2.87. The molecule has 0 unspecified atom stereocenters. The van der Waals surface area contributed by atoms with Crippen LogP contribution in [-0.4, -0.2) is 53.5 Å². The van der Waals surface area contributed by atoms with E-state index in [1.54, 1.807) is 25.3 Å². The van der Waals surface area contributed by atoms with Crippen molar-refractivity contribution in [3.63, 3.8) is 0 Å². The molecule has 0 radical (unpaired) electrons. The second-order valence-electron chi connectivity index (χ2n) is 9.08. The molecule has 1 aliphatic rings. The van der Waals surface area contributed by atoms with E-state index in [1.807, 2.05) is 0 Å². The van der Waals surface area contributed by atoms with Crippen LogP contribution in [0.15, 0.2) is 47.5 Å².